The predicted molar refractivity (Wildman–Crippen MR) is 157 cm³/mol. The number of benzene rings is 3. The minimum atomic E-state index is -4.06. The molecule has 10 heteroatoms. The van der Waals surface area contributed by atoms with Gasteiger partial charge in [0.05, 0.1) is 26.8 Å². The van der Waals surface area contributed by atoms with Gasteiger partial charge in [-0.1, -0.05) is 48.5 Å². The molecule has 2 amide bonds. The number of carbonyl (C=O) groups is 2. The molecule has 202 valence electrons. The van der Waals surface area contributed by atoms with E-state index in [-0.39, 0.29) is 16.6 Å². The number of hydrogen-bond acceptors (Lipinski definition) is 6. The van der Waals surface area contributed by atoms with E-state index in [1.165, 1.54) is 23.5 Å². The van der Waals surface area contributed by atoms with Gasteiger partial charge >= 0.3 is 0 Å². The number of thiophene rings is 1. The Hall–Kier alpha value is -4.28. The molecule has 0 fully saturated rings. The smallest absolute Gasteiger partial charge is 0.265 e. The van der Waals surface area contributed by atoms with E-state index >= 15 is 0 Å². The molecule has 0 spiro atoms. The number of nitrogens with one attached hydrogen (secondary N) is 1. The fraction of sp³-hybridized carbons (Fsp3) is 0.167. The van der Waals surface area contributed by atoms with Gasteiger partial charge in [-0.2, -0.15) is 5.10 Å². The van der Waals surface area contributed by atoms with Crippen molar-refractivity contribution in [2.45, 2.75) is 31.2 Å². The molecule has 40 heavy (non-hydrogen) atoms. The zero-order chi connectivity index (χ0) is 28.0. The summed E-state index contributed by atoms with van der Waals surface area (Å²) in [5.74, 6) is -1.63. The number of hydrogen-bond donors (Lipinski definition) is 1. The van der Waals surface area contributed by atoms with Gasteiger partial charge in [-0.3, -0.25) is 9.59 Å². The van der Waals surface area contributed by atoms with Gasteiger partial charge in [0.1, 0.15) is 10.6 Å². The number of sulfone groups is 1. The minimum absolute atomic E-state index is 0.0930. The van der Waals surface area contributed by atoms with Crippen LogP contribution in [0.3, 0.4) is 0 Å². The topological polar surface area (TPSA) is 101 Å². The number of anilines is 2. The van der Waals surface area contributed by atoms with Gasteiger partial charge in [-0.15, -0.1) is 11.3 Å². The summed E-state index contributed by atoms with van der Waals surface area (Å²) >= 11 is 1.28. The molecule has 1 aliphatic rings. The van der Waals surface area contributed by atoms with Gasteiger partial charge in [0.2, 0.25) is 5.91 Å². The standard InChI is InChI=1S/C30H26N4O4S2/c1-19-16-21-10-6-8-14-25(21)33(19)28(35)18-40(37,38)27-15-9-7-13-24(27)31-29(36)26-17-23-20(2)32-34(30(23)39-26)22-11-4-3-5-12-22/h3-15,17,19H,16,18H2,1-2H3,(H,31,36). The number of fused-ring (bicyclic) bond motifs is 2. The van der Waals surface area contributed by atoms with E-state index in [0.29, 0.717) is 11.3 Å². The number of amides is 2. The maximum absolute atomic E-state index is 13.5. The van der Waals surface area contributed by atoms with Crippen LogP contribution in [-0.4, -0.2) is 41.8 Å². The van der Waals surface area contributed by atoms with E-state index in [9.17, 15) is 18.0 Å². The molecule has 0 aliphatic carbocycles. The van der Waals surface area contributed by atoms with Crippen LogP contribution in [0.25, 0.3) is 15.9 Å². The normalized spacial score (nSPS) is 14.8. The van der Waals surface area contributed by atoms with E-state index in [1.54, 1.807) is 27.8 Å². The molecular formula is C30H26N4O4S2. The van der Waals surface area contributed by atoms with Crippen LogP contribution < -0.4 is 10.2 Å². The molecule has 5 aromatic rings. The number of rotatable bonds is 6. The molecule has 0 saturated heterocycles. The maximum atomic E-state index is 13.5. The van der Waals surface area contributed by atoms with Gasteiger partial charge in [0.25, 0.3) is 5.91 Å². The SMILES string of the molecule is Cc1nn(-c2ccccc2)c2sc(C(=O)Nc3ccccc3S(=O)(=O)CC(=O)N3c4ccccc4CC3C)cc12. The van der Waals surface area contributed by atoms with Gasteiger partial charge in [0, 0.05) is 17.1 Å². The molecule has 1 aliphatic heterocycles. The van der Waals surface area contributed by atoms with Crippen LogP contribution in [0.15, 0.2) is 89.8 Å². The van der Waals surface area contributed by atoms with Crippen molar-refractivity contribution in [3.8, 4) is 5.69 Å². The van der Waals surface area contributed by atoms with Crippen LogP contribution >= 0.6 is 11.3 Å². The Morgan fingerprint density at radius 2 is 1.70 bits per heavy atom. The molecule has 6 rings (SSSR count). The second-order valence-electron chi connectivity index (χ2n) is 9.82. The summed E-state index contributed by atoms with van der Waals surface area (Å²) in [4.78, 5) is 29.3. The zero-order valence-electron chi connectivity index (χ0n) is 21.9. The number of para-hydroxylation sites is 3. The molecule has 0 saturated carbocycles. The Morgan fingerprint density at radius 3 is 2.50 bits per heavy atom. The molecule has 0 bridgehead atoms. The van der Waals surface area contributed by atoms with E-state index in [2.05, 4.69) is 10.4 Å². The fourth-order valence-corrected chi connectivity index (χ4v) is 7.62. The molecular weight excluding hydrogens is 544 g/mol. The van der Waals surface area contributed by atoms with Crippen LogP contribution in [0.1, 0.15) is 27.9 Å². The first-order chi connectivity index (χ1) is 19.2. The van der Waals surface area contributed by atoms with Crippen molar-refractivity contribution >= 4 is 54.6 Å². The third-order valence-corrected chi connectivity index (χ3v) is 9.79. The number of aromatic nitrogens is 2. The Balaban J connectivity index is 1.26. The van der Waals surface area contributed by atoms with E-state index in [1.807, 2.05) is 68.4 Å². The van der Waals surface area contributed by atoms with Crippen molar-refractivity contribution < 1.29 is 18.0 Å². The first-order valence-corrected chi connectivity index (χ1v) is 15.3. The average Bonchev–Trinajstić information content (AvgIpc) is 3.61. The van der Waals surface area contributed by atoms with Gasteiger partial charge in [0.15, 0.2) is 9.84 Å². The fourth-order valence-electron chi connectivity index (χ4n) is 5.18. The van der Waals surface area contributed by atoms with Crippen molar-refractivity contribution in [3.05, 3.63) is 101 Å². The average molecular weight is 571 g/mol. The first-order valence-electron chi connectivity index (χ1n) is 12.8. The second kappa shape index (κ2) is 10.0. The molecule has 1 N–H and O–H groups in total. The summed E-state index contributed by atoms with van der Waals surface area (Å²) in [6.45, 7) is 3.79. The second-order valence-corrected chi connectivity index (χ2v) is 12.8. The quantitative estimate of drug-likeness (QED) is 0.295. The Bertz CT molecular complexity index is 1880. The number of nitrogens with zero attached hydrogens (tertiary/aromatic N) is 3. The lowest BCUT2D eigenvalue weighted by molar-refractivity contribution is -0.116. The van der Waals surface area contributed by atoms with Crippen molar-refractivity contribution in [1.82, 2.24) is 9.78 Å². The molecule has 1 atom stereocenters. The maximum Gasteiger partial charge on any atom is 0.265 e. The first kappa shape index (κ1) is 26.0. The van der Waals surface area contributed by atoms with E-state index < -0.39 is 27.4 Å². The number of aryl methyl sites for hydroxylation is 1. The van der Waals surface area contributed by atoms with Crippen molar-refractivity contribution in [2.24, 2.45) is 0 Å². The Kier molecular flexibility index (Phi) is 6.52. The van der Waals surface area contributed by atoms with Crippen molar-refractivity contribution in [3.63, 3.8) is 0 Å². The summed E-state index contributed by atoms with van der Waals surface area (Å²) in [5, 5.41) is 8.23. The molecule has 3 aromatic carbocycles. The highest BCUT2D eigenvalue weighted by molar-refractivity contribution is 7.92. The summed E-state index contributed by atoms with van der Waals surface area (Å²) in [6, 6.07) is 25.0. The molecule has 3 heterocycles. The van der Waals surface area contributed by atoms with Gasteiger partial charge < -0.3 is 10.2 Å². The third kappa shape index (κ3) is 4.59. The lowest BCUT2D eigenvalue weighted by Crippen LogP contribution is -2.39. The van der Waals surface area contributed by atoms with Gasteiger partial charge in [-0.25, -0.2) is 13.1 Å². The summed E-state index contributed by atoms with van der Waals surface area (Å²) < 4.78 is 28.8. The zero-order valence-corrected chi connectivity index (χ0v) is 23.5. The predicted octanol–water partition coefficient (Wildman–Crippen LogP) is 5.40. The van der Waals surface area contributed by atoms with E-state index in [4.69, 9.17) is 0 Å². The monoisotopic (exact) mass is 570 g/mol. The highest BCUT2D eigenvalue weighted by Gasteiger charge is 2.34. The van der Waals surface area contributed by atoms with Gasteiger partial charge in [-0.05, 0) is 62.2 Å². The molecule has 0 radical (unpaired) electrons. The van der Waals surface area contributed by atoms with Crippen molar-refractivity contribution in [2.75, 3.05) is 16.0 Å². The molecule has 8 nitrogen and oxygen atoms in total. The van der Waals surface area contributed by atoms with Crippen LogP contribution in [0.4, 0.5) is 11.4 Å². The number of carbonyl (C=O) groups excluding carboxylic acids is 2. The summed E-state index contributed by atoms with van der Waals surface area (Å²) in [6.07, 6.45) is 0.672. The lowest BCUT2D eigenvalue weighted by atomic mass is 10.1. The highest BCUT2D eigenvalue weighted by atomic mass is 32.2. The molecule has 1 unspecified atom stereocenters. The van der Waals surface area contributed by atoms with Crippen LogP contribution in [0.5, 0.6) is 0 Å². The highest BCUT2D eigenvalue weighted by Crippen LogP contribution is 2.34. The third-order valence-electron chi connectivity index (χ3n) is 7.03. The van der Waals surface area contributed by atoms with Crippen LogP contribution in [0.2, 0.25) is 0 Å². The van der Waals surface area contributed by atoms with Crippen molar-refractivity contribution in [1.29, 1.82) is 0 Å². The Morgan fingerprint density at radius 1 is 1.00 bits per heavy atom. The largest absolute Gasteiger partial charge is 0.320 e. The summed E-state index contributed by atoms with van der Waals surface area (Å²) in [5.41, 5.74) is 3.56. The molecule has 2 aromatic heterocycles. The lowest BCUT2D eigenvalue weighted by Gasteiger charge is -2.23. The van der Waals surface area contributed by atoms with E-state index in [0.717, 1.165) is 32.8 Å². The minimum Gasteiger partial charge on any atom is -0.320 e. The van der Waals surface area contributed by atoms with Crippen LogP contribution in [0, 0.1) is 6.92 Å². The van der Waals surface area contributed by atoms with Crippen LogP contribution in [-0.2, 0) is 21.1 Å². The Labute approximate surface area is 235 Å². The summed E-state index contributed by atoms with van der Waals surface area (Å²) in [7, 11) is -4.06.